The fourth-order valence-corrected chi connectivity index (χ4v) is 2.66. The normalized spacial score (nSPS) is 12.8. The van der Waals surface area contributed by atoms with E-state index in [-0.39, 0.29) is 5.92 Å². The summed E-state index contributed by atoms with van der Waals surface area (Å²) >= 11 is 0. The summed E-state index contributed by atoms with van der Waals surface area (Å²) < 4.78 is 38.7. The fourth-order valence-electron chi connectivity index (χ4n) is 2.66. The maximum Gasteiger partial charge on any atom is 0.416 e. The Balaban J connectivity index is 1.86. The van der Waals surface area contributed by atoms with E-state index < -0.39 is 11.7 Å². The van der Waals surface area contributed by atoms with Crippen molar-refractivity contribution in [3.63, 3.8) is 0 Å². The average molecular weight is 345 g/mol. The number of imidazole rings is 1. The number of anilines is 1. The molecular formula is C19H18F3N3. The van der Waals surface area contributed by atoms with Gasteiger partial charge in [0.2, 0.25) is 0 Å². The van der Waals surface area contributed by atoms with Gasteiger partial charge in [-0.05, 0) is 29.3 Å². The van der Waals surface area contributed by atoms with E-state index in [0.29, 0.717) is 11.4 Å². The molecule has 0 spiro atoms. The van der Waals surface area contributed by atoms with Crippen LogP contribution < -0.4 is 5.32 Å². The van der Waals surface area contributed by atoms with Gasteiger partial charge < -0.3 is 10.3 Å². The Hall–Kier alpha value is -2.76. The van der Waals surface area contributed by atoms with E-state index in [9.17, 15) is 13.2 Å². The molecule has 0 aliphatic heterocycles. The van der Waals surface area contributed by atoms with Crippen molar-refractivity contribution >= 4 is 5.69 Å². The second kappa shape index (κ2) is 6.63. The molecule has 0 fully saturated rings. The lowest BCUT2D eigenvalue weighted by Gasteiger charge is -2.12. The Morgan fingerprint density at radius 2 is 1.80 bits per heavy atom. The van der Waals surface area contributed by atoms with Crippen molar-refractivity contribution in [1.82, 2.24) is 9.97 Å². The number of aromatic nitrogens is 2. The quantitative estimate of drug-likeness (QED) is 0.674. The number of halogens is 3. The summed E-state index contributed by atoms with van der Waals surface area (Å²) in [5.41, 5.74) is 2.72. The van der Waals surface area contributed by atoms with Crippen LogP contribution in [0.4, 0.5) is 18.9 Å². The number of hydrogen-bond donors (Lipinski definition) is 2. The number of nitrogens with one attached hydrogen (secondary N) is 2. The summed E-state index contributed by atoms with van der Waals surface area (Å²) in [6.07, 6.45) is -2.65. The van der Waals surface area contributed by atoms with E-state index in [4.69, 9.17) is 0 Å². The highest BCUT2D eigenvalue weighted by molar-refractivity contribution is 5.62. The maximum absolute atomic E-state index is 12.9. The van der Waals surface area contributed by atoms with Crippen LogP contribution in [0.5, 0.6) is 0 Å². The van der Waals surface area contributed by atoms with Crippen LogP contribution in [0.1, 0.15) is 29.8 Å². The SMILES string of the molecule is CNc1ccc(-c2cnc(C(C)c3cccc(C(F)(F)F)c3)[nH]2)cc1. The minimum absolute atomic E-state index is 0.271. The third-order valence-electron chi connectivity index (χ3n) is 4.20. The third kappa shape index (κ3) is 3.68. The zero-order chi connectivity index (χ0) is 18.0. The second-order valence-electron chi connectivity index (χ2n) is 5.85. The van der Waals surface area contributed by atoms with Crippen LogP contribution in [0.15, 0.2) is 54.7 Å². The Kier molecular flexibility index (Phi) is 4.53. The molecule has 6 heteroatoms. The van der Waals surface area contributed by atoms with Crippen LogP contribution in [0.2, 0.25) is 0 Å². The molecule has 1 heterocycles. The number of hydrogen-bond acceptors (Lipinski definition) is 2. The van der Waals surface area contributed by atoms with Gasteiger partial charge in [0.1, 0.15) is 5.82 Å². The topological polar surface area (TPSA) is 40.7 Å². The molecule has 1 atom stereocenters. The van der Waals surface area contributed by atoms with Gasteiger partial charge in [-0.25, -0.2) is 4.98 Å². The van der Waals surface area contributed by atoms with Crippen LogP contribution in [-0.2, 0) is 6.18 Å². The van der Waals surface area contributed by atoms with Crippen LogP contribution >= 0.6 is 0 Å². The molecule has 3 rings (SSSR count). The molecule has 3 aromatic rings. The molecule has 0 radical (unpaired) electrons. The summed E-state index contributed by atoms with van der Waals surface area (Å²) in [5.74, 6) is 0.361. The van der Waals surface area contributed by atoms with Gasteiger partial charge in [0.25, 0.3) is 0 Å². The van der Waals surface area contributed by atoms with E-state index in [2.05, 4.69) is 15.3 Å². The molecule has 130 valence electrons. The van der Waals surface area contributed by atoms with E-state index in [1.807, 2.05) is 38.2 Å². The second-order valence-corrected chi connectivity index (χ2v) is 5.85. The highest BCUT2D eigenvalue weighted by Crippen LogP contribution is 2.32. The number of alkyl halides is 3. The molecule has 25 heavy (non-hydrogen) atoms. The summed E-state index contributed by atoms with van der Waals surface area (Å²) in [6.45, 7) is 1.84. The highest BCUT2D eigenvalue weighted by Gasteiger charge is 2.31. The molecule has 0 aliphatic rings. The zero-order valence-corrected chi connectivity index (χ0v) is 13.9. The van der Waals surface area contributed by atoms with Crippen molar-refractivity contribution in [2.45, 2.75) is 19.0 Å². The Morgan fingerprint density at radius 1 is 1.08 bits per heavy atom. The van der Waals surface area contributed by atoms with Gasteiger partial charge in [-0.3, -0.25) is 0 Å². The van der Waals surface area contributed by atoms with Crippen molar-refractivity contribution in [2.75, 3.05) is 12.4 Å². The lowest BCUT2D eigenvalue weighted by molar-refractivity contribution is -0.137. The first kappa shape index (κ1) is 17.1. The maximum atomic E-state index is 12.9. The standard InChI is InChI=1S/C19H18F3N3/c1-12(14-4-3-5-15(10-14)19(20,21)22)18-24-11-17(25-18)13-6-8-16(23-2)9-7-13/h3-12,23H,1-2H3,(H,24,25). The van der Waals surface area contributed by atoms with Crippen LogP contribution in [-0.4, -0.2) is 17.0 Å². The molecule has 0 bridgehead atoms. The van der Waals surface area contributed by atoms with Crippen LogP contribution in [0, 0.1) is 0 Å². The van der Waals surface area contributed by atoms with E-state index in [1.165, 1.54) is 12.1 Å². The Morgan fingerprint density at radius 3 is 2.44 bits per heavy atom. The minimum Gasteiger partial charge on any atom is -0.388 e. The molecule has 0 amide bonds. The molecule has 0 saturated heterocycles. The van der Waals surface area contributed by atoms with Crippen molar-refractivity contribution in [1.29, 1.82) is 0 Å². The van der Waals surface area contributed by atoms with Crippen molar-refractivity contribution < 1.29 is 13.2 Å². The van der Waals surface area contributed by atoms with Gasteiger partial charge >= 0.3 is 6.18 Å². The first-order valence-corrected chi connectivity index (χ1v) is 7.88. The molecule has 1 aromatic heterocycles. The van der Waals surface area contributed by atoms with Gasteiger partial charge in [-0.15, -0.1) is 0 Å². The first-order chi connectivity index (χ1) is 11.9. The van der Waals surface area contributed by atoms with Crippen molar-refractivity contribution in [2.24, 2.45) is 0 Å². The number of aromatic amines is 1. The zero-order valence-electron chi connectivity index (χ0n) is 13.9. The largest absolute Gasteiger partial charge is 0.416 e. The third-order valence-corrected chi connectivity index (χ3v) is 4.20. The molecule has 2 N–H and O–H groups in total. The molecule has 3 nitrogen and oxygen atoms in total. The summed E-state index contributed by atoms with van der Waals surface area (Å²) in [5, 5.41) is 3.05. The first-order valence-electron chi connectivity index (χ1n) is 7.88. The predicted molar refractivity (Wildman–Crippen MR) is 92.5 cm³/mol. The molecule has 0 saturated carbocycles. The van der Waals surface area contributed by atoms with Crippen molar-refractivity contribution in [3.8, 4) is 11.3 Å². The molecule has 0 aliphatic carbocycles. The van der Waals surface area contributed by atoms with E-state index in [1.54, 1.807) is 12.3 Å². The average Bonchev–Trinajstić information content (AvgIpc) is 3.10. The van der Waals surface area contributed by atoms with Gasteiger partial charge in [-0.2, -0.15) is 13.2 Å². The number of nitrogens with zero attached hydrogens (tertiary/aromatic N) is 1. The smallest absolute Gasteiger partial charge is 0.388 e. The minimum atomic E-state index is -4.35. The van der Waals surface area contributed by atoms with Gasteiger partial charge in [0.05, 0.1) is 17.5 Å². The summed E-state index contributed by atoms with van der Waals surface area (Å²) in [6, 6.07) is 13.2. The van der Waals surface area contributed by atoms with Crippen LogP contribution in [0.25, 0.3) is 11.3 Å². The van der Waals surface area contributed by atoms with Crippen LogP contribution in [0.3, 0.4) is 0 Å². The fraction of sp³-hybridized carbons (Fsp3) is 0.211. The lowest BCUT2D eigenvalue weighted by Crippen LogP contribution is -2.07. The van der Waals surface area contributed by atoms with Gasteiger partial charge in [0.15, 0.2) is 0 Å². The molecule has 2 aromatic carbocycles. The Bertz CT molecular complexity index is 851. The number of benzene rings is 2. The van der Waals surface area contributed by atoms with Gasteiger partial charge in [-0.1, -0.05) is 37.3 Å². The van der Waals surface area contributed by atoms with Gasteiger partial charge in [0, 0.05) is 18.7 Å². The van der Waals surface area contributed by atoms with E-state index in [0.717, 1.165) is 23.0 Å². The Labute approximate surface area is 143 Å². The number of H-pyrrole nitrogens is 1. The monoisotopic (exact) mass is 345 g/mol. The summed E-state index contributed by atoms with van der Waals surface area (Å²) in [7, 11) is 1.85. The number of rotatable bonds is 4. The lowest BCUT2D eigenvalue weighted by atomic mass is 9.98. The molecule has 1 unspecified atom stereocenters. The van der Waals surface area contributed by atoms with E-state index >= 15 is 0 Å². The van der Waals surface area contributed by atoms with Crippen molar-refractivity contribution in [3.05, 3.63) is 71.7 Å². The summed E-state index contributed by atoms with van der Waals surface area (Å²) in [4.78, 5) is 7.56. The molecular weight excluding hydrogens is 327 g/mol. The predicted octanol–water partition coefficient (Wildman–Crippen LogP) is 5.29. The highest BCUT2D eigenvalue weighted by atomic mass is 19.4.